The minimum Gasteiger partial charge on any atom is -0.389 e. The maximum absolute atomic E-state index is 12.2. The van der Waals surface area contributed by atoms with Gasteiger partial charge in [0.2, 0.25) is 5.82 Å². The SMILES string of the molecule is CC(C)(O)CNC(=O)c1nc2cc3[nH][nH]c(-c4ccncc4)c3cc2n1. The molecule has 3 heterocycles. The number of rotatable bonds is 4. The third kappa shape index (κ3) is 3.02. The van der Waals surface area contributed by atoms with Gasteiger partial charge >= 0.3 is 0 Å². The summed E-state index contributed by atoms with van der Waals surface area (Å²) in [5.41, 5.74) is 3.05. The number of amides is 1. The molecule has 0 unspecified atom stereocenters. The fraction of sp³-hybridized carbons (Fsp3) is 0.222. The van der Waals surface area contributed by atoms with E-state index in [1.807, 2.05) is 24.3 Å². The van der Waals surface area contributed by atoms with Crippen LogP contribution in [0.15, 0.2) is 36.7 Å². The standard InChI is InChI=1S/C18H18N6O2/c1-18(2,26)9-20-17(25)16-21-13-7-11-12(8-14(13)22-16)23-24-15(11)10-3-5-19-6-4-10/h3-8,23-24,26H,9H2,1-2H3,(H,20,25). The quantitative estimate of drug-likeness (QED) is 0.449. The van der Waals surface area contributed by atoms with Crippen LogP contribution < -0.4 is 5.32 Å². The highest BCUT2D eigenvalue weighted by molar-refractivity contribution is 6.02. The Hall–Kier alpha value is -3.26. The number of H-pyrrole nitrogens is 2. The summed E-state index contributed by atoms with van der Waals surface area (Å²) < 4.78 is 0. The number of hydrogen-bond donors (Lipinski definition) is 4. The molecule has 0 saturated heterocycles. The van der Waals surface area contributed by atoms with E-state index < -0.39 is 11.5 Å². The van der Waals surface area contributed by atoms with E-state index in [1.54, 1.807) is 26.2 Å². The number of benzene rings is 1. The number of nitrogens with one attached hydrogen (secondary N) is 3. The number of aromatic nitrogens is 5. The molecule has 4 aromatic rings. The summed E-state index contributed by atoms with van der Waals surface area (Å²) in [6.07, 6.45) is 3.46. The average molecular weight is 350 g/mol. The van der Waals surface area contributed by atoms with Crippen molar-refractivity contribution in [3.8, 4) is 11.3 Å². The lowest BCUT2D eigenvalue weighted by molar-refractivity contribution is 0.0690. The molecule has 26 heavy (non-hydrogen) atoms. The number of fused-ring (bicyclic) bond motifs is 2. The van der Waals surface area contributed by atoms with Gasteiger partial charge in [-0.2, -0.15) is 0 Å². The van der Waals surface area contributed by atoms with Gasteiger partial charge in [-0.25, -0.2) is 9.97 Å². The number of nitrogens with zero attached hydrogens (tertiary/aromatic N) is 3. The lowest BCUT2D eigenvalue weighted by atomic mass is 10.1. The first-order chi connectivity index (χ1) is 12.4. The molecule has 3 aromatic heterocycles. The van der Waals surface area contributed by atoms with Crippen molar-refractivity contribution in [3.05, 3.63) is 42.5 Å². The zero-order valence-corrected chi connectivity index (χ0v) is 14.4. The Balaban J connectivity index is 1.72. The Bertz CT molecular complexity index is 1090. The molecular weight excluding hydrogens is 332 g/mol. The van der Waals surface area contributed by atoms with Gasteiger partial charge < -0.3 is 15.5 Å². The van der Waals surface area contributed by atoms with Crippen molar-refractivity contribution >= 4 is 27.8 Å². The highest BCUT2D eigenvalue weighted by atomic mass is 16.3. The number of aliphatic hydroxyl groups is 1. The molecule has 132 valence electrons. The topological polar surface area (TPSA) is 120 Å². The zero-order valence-electron chi connectivity index (χ0n) is 14.4. The van der Waals surface area contributed by atoms with Gasteiger partial charge in [0.1, 0.15) is 0 Å². The van der Waals surface area contributed by atoms with Crippen LogP contribution in [-0.2, 0) is 0 Å². The van der Waals surface area contributed by atoms with Crippen LogP contribution in [0.1, 0.15) is 24.5 Å². The summed E-state index contributed by atoms with van der Waals surface area (Å²) in [4.78, 5) is 24.9. The van der Waals surface area contributed by atoms with Crippen LogP contribution in [0.5, 0.6) is 0 Å². The van der Waals surface area contributed by atoms with Gasteiger partial charge in [-0.15, -0.1) is 0 Å². The monoisotopic (exact) mass is 350 g/mol. The number of imidazole rings is 1. The third-order valence-electron chi connectivity index (χ3n) is 4.01. The van der Waals surface area contributed by atoms with E-state index >= 15 is 0 Å². The molecule has 4 N–H and O–H groups in total. The van der Waals surface area contributed by atoms with Gasteiger partial charge in [0, 0.05) is 29.9 Å². The molecule has 0 aliphatic rings. The Morgan fingerprint density at radius 1 is 1.15 bits per heavy atom. The van der Waals surface area contributed by atoms with Gasteiger partial charge in [-0.3, -0.25) is 14.9 Å². The Morgan fingerprint density at radius 3 is 2.54 bits per heavy atom. The molecule has 0 bridgehead atoms. The molecule has 0 aliphatic carbocycles. The van der Waals surface area contributed by atoms with Crippen molar-refractivity contribution in [1.29, 1.82) is 0 Å². The van der Waals surface area contributed by atoms with E-state index in [0.29, 0.717) is 11.0 Å². The first-order valence-electron chi connectivity index (χ1n) is 8.19. The number of carbonyl (C=O) groups excluding carboxylic acids is 1. The largest absolute Gasteiger partial charge is 0.389 e. The summed E-state index contributed by atoms with van der Waals surface area (Å²) in [5.74, 6) is -0.320. The van der Waals surface area contributed by atoms with E-state index in [-0.39, 0.29) is 12.4 Å². The number of hydrogen-bond acceptors (Lipinski definition) is 5. The van der Waals surface area contributed by atoms with Gasteiger partial charge in [0.25, 0.3) is 5.91 Å². The molecule has 0 saturated carbocycles. The Labute approximate surface area is 148 Å². The molecule has 1 amide bonds. The first kappa shape index (κ1) is 16.2. The zero-order chi connectivity index (χ0) is 18.3. The Kier molecular flexibility index (Phi) is 3.69. The van der Waals surface area contributed by atoms with Crippen LogP contribution in [0.25, 0.3) is 33.2 Å². The van der Waals surface area contributed by atoms with Gasteiger partial charge in [-0.1, -0.05) is 0 Å². The molecule has 8 heteroatoms. The fourth-order valence-corrected chi connectivity index (χ4v) is 2.74. The summed E-state index contributed by atoms with van der Waals surface area (Å²) in [6.45, 7) is 3.36. The van der Waals surface area contributed by atoms with Gasteiger partial charge in [0.15, 0.2) is 0 Å². The number of aromatic amines is 2. The van der Waals surface area contributed by atoms with Crippen LogP contribution in [0.3, 0.4) is 0 Å². The van der Waals surface area contributed by atoms with E-state index in [9.17, 15) is 9.90 Å². The van der Waals surface area contributed by atoms with E-state index in [4.69, 9.17) is 0 Å². The molecule has 0 aliphatic heterocycles. The minimum absolute atomic E-state index is 0.0892. The van der Waals surface area contributed by atoms with Crippen molar-refractivity contribution < 1.29 is 9.90 Å². The summed E-state index contributed by atoms with van der Waals surface area (Å²) in [7, 11) is 0. The second-order valence-corrected chi connectivity index (χ2v) is 6.79. The van der Waals surface area contributed by atoms with E-state index in [1.165, 1.54) is 0 Å². The maximum atomic E-state index is 12.2. The second kappa shape index (κ2) is 5.92. The van der Waals surface area contributed by atoms with Crippen molar-refractivity contribution in [2.24, 2.45) is 0 Å². The smallest absolute Gasteiger partial charge is 0.289 e. The lowest BCUT2D eigenvalue weighted by Gasteiger charge is -2.16. The van der Waals surface area contributed by atoms with Crippen LogP contribution in [0.2, 0.25) is 0 Å². The normalized spacial score (nSPS) is 12.0. The van der Waals surface area contributed by atoms with Crippen molar-refractivity contribution in [2.45, 2.75) is 19.4 Å². The molecule has 1 aromatic carbocycles. The third-order valence-corrected chi connectivity index (χ3v) is 4.01. The molecule has 0 radical (unpaired) electrons. The minimum atomic E-state index is -0.993. The number of pyridine rings is 1. The van der Waals surface area contributed by atoms with Gasteiger partial charge in [-0.05, 0) is 38.1 Å². The van der Waals surface area contributed by atoms with Crippen LogP contribution in [0, 0.1) is 0 Å². The maximum Gasteiger partial charge on any atom is 0.289 e. The second-order valence-electron chi connectivity index (χ2n) is 6.79. The average Bonchev–Trinajstić information content (AvgIpc) is 3.21. The van der Waals surface area contributed by atoms with E-state index in [2.05, 4.69) is 30.5 Å². The van der Waals surface area contributed by atoms with Crippen LogP contribution >= 0.6 is 0 Å². The van der Waals surface area contributed by atoms with Gasteiger partial charge in [0.05, 0.1) is 27.8 Å². The first-order valence-corrected chi connectivity index (χ1v) is 8.19. The van der Waals surface area contributed by atoms with Crippen molar-refractivity contribution in [2.75, 3.05) is 6.54 Å². The highest BCUT2D eigenvalue weighted by Gasteiger charge is 2.18. The summed E-state index contributed by atoms with van der Waals surface area (Å²) in [6, 6.07) is 7.57. The predicted octanol–water partition coefficient (Wildman–Crippen LogP) is 2.00. The summed E-state index contributed by atoms with van der Waals surface area (Å²) in [5, 5.41) is 19.6. The highest BCUT2D eigenvalue weighted by Crippen LogP contribution is 2.28. The predicted molar refractivity (Wildman–Crippen MR) is 97.6 cm³/mol. The summed E-state index contributed by atoms with van der Waals surface area (Å²) >= 11 is 0. The molecule has 8 nitrogen and oxygen atoms in total. The van der Waals surface area contributed by atoms with E-state index in [0.717, 1.165) is 22.2 Å². The molecule has 0 spiro atoms. The van der Waals surface area contributed by atoms with Crippen molar-refractivity contribution in [3.63, 3.8) is 0 Å². The van der Waals surface area contributed by atoms with Crippen LogP contribution in [-0.4, -0.2) is 48.3 Å². The van der Waals surface area contributed by atoms with Crippen LogP contribution in [0.4, 0.5) is 0 Å². The fourth-order valence-electron chi connectivity index (χ4n) is 2.74. The molecule has 0 atom stereocenters. The van der Waals surface area contributed by atoms with Crippen molar-refractivity contribution in [1.82, 2.24) is 30.5 Å². The Morgan fingerprint density at radius 2 is 1.85 bits per heavy atom. The molecule has 0 fully saturated rings. The number of carbonyl (C=O) groups is 1. The lowest BCUT2D eigenvalue weighted by Crippen LogP contribution is -2.38. The molecule has 4 rings (SSSR count). The molecular formula is C18H18N6O2.